The lowest BCUT2D eigenvalue weighted by Gasteiger charge is -2.10. The molecule has 22 heavy (non-hydrogen) atoms. The maximum atomic E-state index is 5.21. The normalized spacial score (nSPS) is 12.4. The number of nitrogens with zero attached hydrogens (tertiary/aromatic N) is 2. The van der Waals surface area contributed by atoms with Gasteiger partial charge < -0.3 is 4.74 Å². The molecule has 0 bridgehead atoms. The Hall–Kier alpha value is -2.14. The number of thiazole rings is 1. The van der Waals surface area contributed by atoms with Crippen LogP contribution in [-0.2, 0) is 0 Å². The van der Waals surface area contributed by atoms with Crippen LogP contribution in [0.4, 0.5) is 0 Å². The summed E-state index contributed by atoms with van der Waals surface area (Å²) in [5, 5.41) is 8.70. The van der Waals surface area contributed by atoms with Gasteiger partial charge in [-0.25, -0.2) is 4.98 Å². The number of aromatic nitrogens is 3. The van der Waals surface area contributed by atoms with Crippen LogP contribution in [0, 0.1) is 13.8 Å². The van der Waals surface area contributed by atoms with Gasteiger partial charge in [0, 0.05) is 11.6 Å². The predicted octanol–water partition coefficient (Wildman–Crippen LogP) is 4.31. The van der Waals surface area contributed by atoms with E-state index in [0.717, 1.165) is 32.7 Å². The zero-order valence-corrected chi connectivity index (χ0v) is 14.0. The van der Waals surface area contributed by atoms with Crippen LogP contribution in [0.2, 0.25) is 0 Å². The molecule has 114 valence electrons. The number of ether oxygens (including phenoxy) is 1. The first-order chi connectivity index (χ1) is 10.6. The van der Waals surface area contributed by atoms with Gasteiger partial charge in [0.25, 0.3) is 0 Å². The van der Waals surface area contributed by atoms with Crippen LogP contribution in [0.3, 0.4) is 0 Å². The fraction of sp³-hybridized carbons (Fsp3) is 0.294. The molecule has 1 N–H and O–H groups in total. The number of hydrogen-bond donors (Lipinski definition) is 1. The van der Waals surface area contributed by atoms with Crippen LogP contribution in [0.1, 0.15) is 34.8 Å². The Bertz CT molecular complexity index is 774. The summed E-state index contributed by atoms with van der Waals surface area (Å²) in [4.78, 5) is 5.61. The summed E-state index contributed by atoms with van der Waals surface area (Å²) in [7, 11) is 1.68. The molecule has 0 saturated heterocycles. The van der Waals surface area contributed by atoms with Crippen LogP contribution in [-0.4, -0.2) is 22.3 Å². The number of aryl methyl sites for hydroxylation is 2. The highest BCUT2D eigenvalue weighted by Crippen LogP contribution is 2.31. The van der Waals surface area contributed by atoms with Crippen molar-refractivity contribution in [3.63, 3.8) is 0 Å². The van der Waals surface area contributed by atoms with Crippen molar-refractivity contribution in [2.24, 2.45) is 0 Å². The van der Waals surface area contributed by atoms with Crippen molar-refractivity contribution >= 4 is 11.3 Å². The SMILES string of the molecule is COc1ccc([C@@H](C)c2cc(-c3sc(C)nc3C)n[nH]2)cc1. The van der Waals surface area contributed by atoms with Crippen LogP contribution < -0.4 is 4.74 Å². The van der Waals surface area contributed by atoms with Crippen molar-refractivity contribution in [1.82, 2.24) is 15.2 Å². The highest BCUT2D eigenvalue weighted by Gasteiger charge is 2.15. The van der Waals surface area contributed by atoms with Crippen LogP contribution in [0.5, 0.6) is 5.75 Å². The van der Waals surface area contributed by atoms with E-state index in [4.69, 9.17) is 4.74 Å². The van der Waals surface area contributed by atoms with Gasteiger partial charge in [-0.1, -0.05) is 19.1 Å². The molecule has 4 nitrogen and oxygen atoms in total. The lowest BCUT2D eigenvalue weighted by atomic mass is 9.97. The fourth-order valence-corrected chi connectivity index (χ4v) is 3.40. The number of aromatic amines is 1. The topological polar surface area (TPSA) is 50.8 Å². The zero-order valence-electron chi connectivity index (χ0n) is 13.2. The molecule has 0 spiro atoms. The molecule has 0 unspecified atom stereocenters. The van der Waals surface area contributed by atoms with Gasteiger partial charge in [-0.3, -0.25) is 5.10 Å². The van der Waals surface area contributed by atoms with E-state index in [-0.39, 0.29) is 5.92 Å². The first kappa shape index (κ1) is 14.8. The van der Waals surface area contributed by atoms with E-state index in [1.165, 1.54) is 5.56 Å². The molecular weight excluding hydrogens is 294 g/mol. The molecule has 0 saturated carbocycles. The Kier molecular flexibility index (Phi) is 3.98. The maximum absolute atomic E-state index is 5.21. The van der Waals surface area contributed by atoms with Crippen molar-refractivity contribution in [3.05, 3.63) is 52.3 Å². The average molecular weight is 313 g/mol. The first-order valence-corrected chi connectivity index (χ1v) is 8.03. The van der Waals surface area contributed by atoms with Crippen molar-refractivity contribution in [1.29, 1.82) is 0 Å². The van der Waals surface area contributed by atoms with Gasteiger partial charge in [0.15, 0.2) is 0 Å². The quantitative estimate of drug-likeness (QED) is 0.781. The highest BCUT2D eigenvalue weighted by atomic mass is 32.1. The predicted molar refractivity (Wildman–Crippen MR) is 89.7 cm³/mol. The van der Waals surface area contributed by atoms with E-state index in [0.29, 0.717) is 0 Å². The van der Waals surface area contributed by atoms with E-state index < -0.39 is 0 Å². The van der Waals surface area contributed by atoms with Crippen LogP contribution in [0.15, 0.2) is 30.3 Å². The molecule has 1 atom stereocenters. The Balaban J connectivity index is 1.87. The van der Waals surface area contributed by atoms with Crippen molar-refractivity contribution in [2.75, 3.05) is 7.11 Å². The maximum Gasteiger partial charge on any atom is 0.118 e. The van der Waals surface area contributed by atoms with Gasteiger partial charge in [-0.15, -0.1) is 11.3 Å². The zero-order chi connectivity index (χ0) is 15.7. The fourth-order valence-electron chi connectivity index (χ4n) is 2.52. The summed E-state index contributed by atoms with van der Waals surface area (Å²) in [6.45, 7) is 6.22. The van der Waals surface area contributed by atoms with Gasteiger partial charge in [0.1, 0.15) is 11.4 Å². The molecule has 0 aliphatic rings. The van der Waals surface area contributed by atoms with Gasteiger partial charge in [0.05, 0.1) is 22.7 Å². The molecule has 0 fully saturated rings. The number of benzene rings is 1. The van der Waals surface area contributed by atoms with E-state index >= 15 is 0 Å². The number of hydrogen-bond acceptors (Lipinski definition) is 4. The summed E-state index contributed by atoms with van der Waals surface area (Å²) in [5.74, 6) is 1.12. The third-order valence-electron chi connectivity index (χ3n) is 3.82. The van der Waals surface area contributed by atoms with E-state index in [1.807, 2.05) is 26.0 Å². The van der Waals surface area contributed by atoms with E-state index in [2.05, 4.69) is 40.3 Å². The number of H-pyrrole nitrogens is 1. The minimum atomic E-state index is 0.251. The Morgan fingerprint density at radius 2 is 1.91 bits per heavy atom. The monoisotopic (exact) mass is 313 g/mol. The minimum absolute atomic E-state index is 0.251. The van der Waals surface area contributed by atoms with Gasteiger partial charge in [-0.05, 0) is 37.6 Å². The smallest absolute Gasteiger partial charge is 0.118 e. The summed E-state index contributed by atoms with van der Waals surface area (Å²) in [6.07, 6.45) is 0. The second-order valence-electron chi connectivity index (χ2n) is 5.35. The number of rotatable bonds is 4. The molecule has 0 radical (unpaired) electrons. The molecule has 2 heterocycles. The third-order valence-corrected chi connectivity index (χ3v) is 4.91. The van der Waals surface area contributed by atoms with Gasteiger partial charge in [-0.2, -0.15) is 5.10 Å². The molecular formula is C17H19N3OS. The van der Waals surface area contributed by atoms with Crippen molar-refractivity contribution in [3.8, 4) is 16.3 Å². The number of nitrogens with one attached hydrogen (secondary N) is 1. The van der Waals surface area contributed by atoms with Crippen molar-refractivity contribution < 1.29 is 4.74 Å². The van der Waals surface area contributed by atoms with Crippen LogP contribution in [0.25, 0.3) is 10.6 Å². The molecule has 1 aromatic carbocycles. The summed E-state index contributed by atoms with van der Waals surface area (Å²) in [6, 6.07) is 10.3. The third kappa shape index (κ3) is 2.76. The second kappa shape index (κ2) is 5.93. The van der Waals surface area contributed by atoms with Gasteiger partial charge in [0.2, 0.25) is 0 Å². The lowest BCUT2D eigenvalue weighted by molar-refractivity contribution is 0.414. The Labute approximate surface area is 134 Å². The molecule has 0 aliphatic heterocycles. The Morgan fingerprint density at radius 3 is 2.50 bits per heavy atom. The van der Waals surface area contributed by atoms with Crippen LogP contribution >= 0.6 is 11.3 Å². The summed E-state index contributed by atoms with van der Waals surface area (Å²) >= 11 is 1.68. The van der Waals surface area contributed by atoms with Gasteiger partial charge >= 0.3 is 0 Å². The molecule has 2 aromatic heterocycles. The molecule has 5 heteroatoms. The van der Waals surface area contributed by atoms with Crippen molar-refractivity contribution in [2.45, 2.75) is 26.7 Å². The first-order valence-electron chi connectivity index (χ1n) is 7.22. The highest BCUT2D eigenvalue weighted by molar-refractivity contribution is 7.15. The molecule has 0 amide bonds. The molecule has 3 rings (SSSR count). The second-order valence-corrected chi connectivity index (χ2v) is 6.55. The summed E-state index contributed by atoms with van der Waals surface area (Å²) < 4.78 is 5.21. The number of methoxy groups -OCH3 is 1. The lowest BCUT2D eigenvalue weighted by Crippen LogP contribution is -1.96. The molecule has 0 aliphatic carbocycles. The standard InChI is InChI=1S/C17H19N3OS/c1-10(13-5-7-14(21-4)8-6-13)15-9-16(20-19-15)17-11(2)18-12(3)22-17/h5-10H,1-4H3,(H,19,20)/t10-/m1/s1. The van der Waals surface area contributed by atoms with E-state index in [1.54, 1.807) is 18.4 Å². The minimum Gasteiger partial charge on any atom is -0.497 e. The largest absolute Gasteiger partial charge is 0.497 e. The Morgan fingerprint density at radius 1 is 1.18 bits per heavy atom. The van der Waals surface area contributed by atoms with E-state index in [9.17, 15) is 0 Å². The molecule has 3 aromatic rings. The average Bonchev–Trinajstić information content (AvgIpc) is 3.13. The summed E-state index contributed by atoms with van der Waals surface area (Å²) in [5.41, 5.74) is 4.34.